The Bertz CT molecular complexity index is 1190. The van der Waals surface area contributed by atoms with E-state index >= 15 is 0 Å². The number of carboxylic acids is 1. The minimum absolute atomic E-state index is 0.148. The summed E-state index contributed by atoms with van der Waals surface area (Å²) in [7, 11) is 1.90. The predicted octanol–water partition coefficient (Wildman–Crippen LogP) is 3.47. The number of carbonyl (C=O) groups is 2. The number of amidine groups is 1. The maximum absolute atomic E-state index is 12.4. The number of aliphatic imine (C=N–C) groups is 1. The molecule has 0 bridgehead atoms. The molecule has 0 atom stereocenters. The lowest BCUT2D eigenvalue weighted by Gasteiger charge is -2.03. The smallest absolute Gasteiger partial charge is 0.335 e. The Hall–Kier alpha value is -3.39. The number of nitrogens with one attached hydrogen (secondary N) is 1. The number of fused-ring (bicyclic) bond motifs is 1. The van der Waals surface area contributed by atoms with Gasteiger partial charge < -0.3 is 15.0 Å². The number of aryl methyl sites for hydroxylation is 2. The van der Waals surface area contributed by atoms with Crippen molar-refractivity contribution >= 4 is 51.6 Å². The van der Waals surface area contributed by atoms with Crippen LogP contribution in [0.4, 0.5) is 5.69 Å². The first-order valence-electron chi connectivity index (χ1n) is 8.47. The Balaban J connectivity index is 1.66. The minimum Gasteiger partial charge on any atom is -0.478 e. The van der Waals surface area contributed by atoms with Gasteiger partial charge in [-0.3, -0.25) is 4.79 Å². The second kappa shape index (κ2) is 6.97. The quantitative estimate of drug-likeness (QED) is 0.665. The van der Waals surface area contributed by atoms with Gasteiger partial charge in [0.1, 0.15) is 5.82 Å². The number of carboxylic acid groups (broad SMARTS) is 1. The summed E-state index contributed by atoms with van der Waals surface area (Å²) in [5.74, 6) is -0.612. The third kappa shape index (κ3) is 3.29. The van der Waals surface area contributed by atoms with E-state index in [-0.39, 0.29) is 11.5 Å². The van der Waals surface area contributed by atoms with E-state index < -0.39 is 5.97 Å². The molecule has 2 N–H and O–H groups in total. The average Bonchev–Trinajstić information content (AvgIpc) is 3.17. The molecule has 1 saturated heterocycles. The Morgan fingerprint density at radius 3 is 2.82 bits per heavy atom. The molecule has 0 aliphatic carbocycles. The second-order valence-corrected chi connectivity index (χ2v) is 7.34. The number of nitrogens with zero attached hydrogens (tertiary/aromatic N) is 3. The van der Waals surface area contributed by atoms with Crippen molar-refractivity contribution < 1.29 is 14.7 Å². The molecule has 1 aliphatic rings. The fourth-order valence-corrected chi connectivity index (χ4v) is 3.67. The van der Waals surface area contributed by atoms with Gasteiger partial charge in [-0.05, 0) is 48.5 Å². The molecule has 140 valence electrons. The number of rotatable bonds is 3. The van der Waals surface area contributed by atoms with Crippen LogP contribution >= 0.6 is 11.8 Å². The van der Waals surface area contributed by atoms with Crippen LogP contribution in [0.25, 0.3) is 17.1 Å². The Morgan fingerprint density at radius 1 is 1.29 bits per heavy atom. The van der Waals surface area contributed by atoms with Gasteiger partial charge in [0, 0.05) is 13.1 Å². The summed E-state index contributed by atoms with van der Waals surface area (Å²) >= 11 is 1.20. The molecular formula is C20H16N4O3S. The van der Waals surface area contributed by atoms with Gasteiger partial charge >= 0.3 is 5.97 Å². The molecule has 2 heterocycles. The van der Waals surface area contributed by atoms with Crippen molar-refractivity contribution in [2.75, 3.05) is 0 Å². The predicted molar refractivity (Wildman–Crippen MR) is 110 cm³/mol. The fourth-order valence-electron chi connectivity index (χ4n) is 2.86. The summed E-state index contributed by atoms with van der Waals surface area (Å²) in [6.07, 6.45) is 1.73. The van der Waals surface area contributed by atoms with E-state index in [9.17, 15) is 9.59 Å². The molecule has 3 aromatic rings. The van der Waals surface area contributed by atoms with Crippen molar-refractivity contribution in [1.29, 1.82) is 0 Å². The first kappa shape index (κ1) is 18.0. The zero-order valence-electron chi connectivity index (χ0n) is 15.1. The maximum atomic E-state index is 12.4. The van der Waals surface area contributed by atoms with Crippen LogP contribution in [-0.4, -0.2) is 31.7 Å². The van der Waals surface area contributed by atoms with E-state index in [0.717, 1.165) is 16.6 Å². The van der Waals surface area contributed by atoms with Crippen molar-refractivity contribution in [3.05, 3.63) is 64.3 Å². The van der Waals surface area contributed by atoms with Gasteiger partial charge in [-0.25, -0.2) is 14.8 Å². The molecule has 7 nitrogen and oxygen atoms in total. The van der Waals surface area contributed by atoms with Crippen LogP contribution in [0, 0.1) is 6.92 Å². The van der Waals surface area contributed by atoms with Crippen LogP contribution in [0.3, 0.4) is 0 Å². The molecular weight excluding hydrogens is 376 g/mol. The normalized spacial score (nSPS) is 16.9. The molecule has 28 heavy (non-hydrogen) atoms. The third-order valence-electron chi connectivity index (χ3n) is 4.41. The van der Waals surface area contributed by atoms with Crippen LogP contribution in [-0.2, 0) is 11.8 Å². The summed E-state index contributed by atoms with van der Waals surface area (Å²) in [5, 5.41) is 12.3. The average molecular weight is 392 g/mol. The molecule has 1 aromatic heterocycles. The maximum Gasteiger partial charge on any atom is 0.335 e. The summed E-state index contributed by atoms with van der Waals surface area (Å²) in [6.45, 7) is 1.84. The van der Waals surface area contributed by atoms with Gasteiger partial charge in [-0.15, -0.1) is 0 Å². The van der Waals surface area contributed by atoms with E-state index in [0.29, 0.717) is 21.6 Å². The molecule has 0 spiro atoms. The van der Waals surface area contributed by atoms with Crippen molar-refractivity contribution in [2.24, 2.45) is 12.0 Å². The van der Waals surface area contributed by atoms with E-state index in [1.165, 1.54) is 23.9 Å². The summed E-state index contributed by atoms with van der Waals surface area (Å²) in [5.41, 5.74) is 3.31. The molecule has 8 heteroatoms. The van der Waals surface area contributed by atoms with E-state index in [4.69, 9.17) is 5.11 Å². The number of aromatic carboxylic acids is 1. The van der Waals surface area contributed by atoms with E-state index in [2.05, 4.69) is 15.3 Å². The highest BCUT2D eigenvalue weighted by molar-refractivity contribution is 8.18. The number of benzene rings is 2. The van der Waals surface area contributed by atoms with Crippen LogP contribution in [0.1, 0.15) is 21.7 Å². The van der Waals surface area contributed by atoms with Gasteiger partial charge in [0.2, 0.25) is 0 Å². The number of hydrogen-bond donors (Lipinski definition) is 2. The SMILES string of the molecule is Cc1ccc(C(=O)O)cc1N=C1NC(=O)/C(=C\c2nc3ccccc3n2C)S1. The van der Waals surface area contributed by atoms with Gasteiger partial charge in [-0.2, -0.15) is 0 Å². The molecule has 0 unspecified atom stereocenters. The highest BCUT2D eigenvalue weighted by Crippen LogP contribution is 2.30. The lowest BCUT2D eigenvalue weighted by atomic mass is 10.1. The molecule has 1 aliphatic heterocycles. The van der Waals surface area contributed by atoms with Crippen LogP contribution in [0.5, 0.6) is 0 Å². The van der Waals surface area contributed by atoms with E-state index in [1.54, 1.807) is 12.1 Å². The fraction of sp³-hybridized carbons (Fsp3) is 0.100. The van der Waals surface area contributed by atoms with Crippen molar-refractivity contribution in [3.8, 4) is 0 Å². The van der Waals surface area contributed by atoms with Crippen LogP contribution < -0.4 is 5.32 Å². The zero-order chi connectivity index (χ0) is 19.8. The molecule has 2 aromatic carbocycles. The first-order chi connectivity index (χ1) is 13.4. The number of imidazole rings is 1. The van der Waals surface area contributed by atoms with Crippen molar-refractivity contribution in [2.45, 2.75) is 6.92 Å². The first-order valence-corrected chi connectivity index (χ1v) is 9.29. The van der Waals surface area contributed by atoms with E-state index in [1.807, 2.05) is 42.8 Å². The number of aromatic nitrogens is 2. The lowest BCUT2D eigenvalue weighted by Crippen LogP contribution is -2.19. The monoisotopic (exact) mass is 392 g/mol. The molecule has 1 amide bonds. The number of carbonyl (C=O) groups excluding carboxylic acids is 1. The number of hydrogen-bond acceptors (Lipinski definition) is 5. The standard InChI is InChI=1S/C20H16N4O3S/c1-11-7-8-12(19(26)27)9-14(11)22-20-23-18(25)16(28-20)10-17-21-13-5-3-4-6-15(13)24(17)2/h3-10H,1-2H3,(H,26,27)(H,22,23,25)/b16-10+. The largest absolute Gasteiger partial charge is 0.478 e. The minimum atomic E-state index is -1.02. The molecule has 0 saturated carbocycles. The van der Waals surface area contributed by atoms with Crippen molar-refractivity contribution in [1.82, 2.24) is 14.9 Å². The highest BCUT2D eigenvalue weighted by atomic mass is 32.2. The third-order valence-corrected chi connectivity index (χ3v) is 5.32. The summed E-state index contributed by atoms with van der Waals surface area (Å²) in [6, 6.07) is 12.5. The molecule has 1 fully saturated rings. The number of amides is 1. The topological polar surface area (TPSA) is 96.6 Å². The Kier molecular flexibility index (Phi) is 4.48. The van der Waals surface area contributed by atoms with Gasteiger partial charge in [0.15, 0.2) is 5.17 Å². The van der Waals surface area contributed by atoms with Crippen LogP contribution in [0.2, 0.25) is 0 Å². The molecule has 0 radical (unpaired) electrons. The summed E-state index contributed by atoms with van der Waals surface area (Å²) < 4.78 is 1.92. The van der Waals surface area contributed by atoms with Gasteiger partial charge in [0.25, 0.3) is 5.91 Å². The van der Waals surface area contributed by atoms with Gasteiger partial charge in [0.05, 0.1) is 27.2 Å². The number of thioether (sulfide) groups is 1. The second-order valence-electron chi connectivity index (χ2n) is 6.31. The Morgan fingerprint density at radius 2 is 2.07 bits per heavy atom. The summed E-state index contributed by atoms with van der Waals surface area (Å²) in [4.78, 5) is 33.0. The Labute approximate surface area is 164 Å². The van der Waals surface area contributed by atoms with Gasteiger partial charge in [-0.1, -0.05) is 18.2 Å². The van der Waals surface area contributed by atoms with Crippen molar-refractivity contribution in [3.63, 3.8) is 0 Å². The zero-order valence-corrected chi connectivity index (χ0v) is 15.9. The number of para-hydroxylation sites is 2. The lowest BCUT2D eigenvalue weighted by molar-refractivity contribution is -0.115. The highest BCUT2D eigenvalue weighted by Gasteiger charge is 2.25. The molecule has 4 rings (SSSR count). The van der Waals surface area contributed by atoms with Crippen LogP contribution in [0.15, 0.2) is 52.4 Å².